The lowest BCUT2D eigenvalue weighted by molar-refractivity contribution is -0.214. The number of Topliss-reactive ketones (excluding diaryl/α,β-unsaturated/α-hetero) is 1. The number of ether oxygens (including phenoxy) is 1. The average Bonchev–Trinajstić information content (AvgIpc) is 3.27. The highest BCUT2D eigenvalue weighted by Crippen LogP contribution is 2.73. The Balaban J connectivity index is 1.40. The lowest BCUT2D eigenvalue weighted by Crippen LogP contribution is -2.63. The normalized spacial score (nSPS) is 38.8. The summed E-state index contributed by atoms with van der Waals surface area (Å²) >= 11 is 0. The SMILES string of the molecule is CC(C)CNCC(O)C12CCC3C(CCC4C3(C)CCC3C(C)(C)C(OC(=O)CC(C)(C)C(=O)O)CCC34C)C1=C(C(C)C)C(=O)C2. The Morgan fingerprint density at radius 3 is 2.19 bits per heavy atom. The molecule has 0 radical (unpaired) electrons. The van der Waals surface area contributed by atoms with E-state index in [0.29, 0.717) is 42.6 Å². The van der Waals surface area contributed by atoms with Crippen molar-refractivity contribution in [1.82, 2.24) is 5.32 Å². The van der Waals surface area contributed by atoms with E-state index in [4.69, 9.17) is 4.74 Å². The number of hydrogen-bond acceptors (Lipinski definition) is 6. The van der Waals surface area contributed by atoms with E-state index >= 15 is 0 Å². The number of aliphatic hydroxyl groups is 1. The van der Waals surface area contributed by atoms with Crippen LogP contribution in [0.5, 0.6) is 0 Å². The standard InChI is InChI=1S/C40H65NO6/c1-23(2)21-41-22-30(43)40-18-13-26-25(34(40)33(24(3)4)27(42)19-40)11-12-29-38(26,9)16-14-28-37(7,8)31(15-17-39(28,29)10)47-32(44)20-36(5,6)35(45)46/h23-26,28-31,41,43H,11-22H2,1-10H3,(H,45,46). The van der Waals surface area contributed by atoms with E-state index in [9.17, 15) is 24.6 Å². The molecule has 0 saturated heterocycles. The third-order valence-electron chi connectivity index (χ3n) is 14.6. The second-order valence-electron chi connectivity index (χ2n) is 19.0. The van der Waals surface area contributed by atoms with Gasteiger partial charge in [-0.15, -0.1) is 0 Å². The predicted molar refractivity (Wildman–Crippen MR) is 184 cm³/mol. The first-order chi connectivity index (χ1) is 21.7. The zero-order valence-corrected chi connectivity index (χ0v) is 31.1. The van der Waals surface area contributed by atoms with E-state index in [1.807, 2.05) is 0 Å². The van der Waals surface area contributed by atoms with Crippen LogP contribution in [-0.2, 0) is 19.1 Å². The molecule has 9 atom stereocenters. The summed E-state index contributed by atoms with van der Waals surface area (Å²) in [6.45, 7) is 22.9. The number of nitrogens with one attached hydrogen (secondary N) is 1. The molecular formula is C40H65NO6. The van der Waals surface area contributed by atoms with Gasteiger partial charge in [0.1, 0.15) is 6.10 Å². The number of carboxylic acid groups (broad SMARTS) is 1. The minimum absolute atomic E-state index is 0.111. The number of aliphatic carboxylic acids is 1. The third kappa shape index (κ3) is 5.95. The summed E-state index contributed by atoms with van der Waals surface area (Å²) in [6, 6.07) is 0. The molecule has 0 aromatic carbocycles. The molecule has 0 aromatic rings. The summed E-state index contributed by atoms with van der Waals surface area (Å²) < 4.78 is 6.13. The molecule has 0 bridgehead atoms. The number of carbonyl (C=O) groups is 3. The number of allylic oxidation sites excluding steroid dienone is 1. The van der Waals surface area contributed by atoms with Gasteiger partial charge in [0, 0.05) is 23.8 Å². The van der Waals surface area contributed by atoms with Crippen molar-refractivity contribution < 1.29 is 29.3 Å². The first-order valence-electron chi connectivity index (χ1n) is 18.8. The smallest absolute Gasteiger partial charge is 0.309 e. The number of esters is 1. The van der Waals surface area contributed by atoms with E-state index in [1.165, 1.54) is 5.57 Å². The third-order valence-corrected chi connectivity index (χ3v) is 14.6. The highest BCUT2D eigenvalue weighted by atomic mass is 16.5. The Bertz CT molecular complexity index is 1280. The van der Waals surface area contributed by atoms with E-state index in [2.05, 4.69) is 60.7 Å². The van der Waals surface area contributed by atoms with Gasteiger partial charge in [0.05, 0.1) is 17.9 Å². The van der Waals surface area contributed by atoms with Gasteiger partial charge in [-0.2, -0.15) is 0 Å². The van der Waals surface area contributed by atoms with E-state index < -0.39 is 28.9 Å². The Hall–Kier alpha value is -1.73. The first kappa shape index (κ1) is 36.5. The summed E-state index contributed by atoms with van der Waals surface area (Å²) in [7, 11) is 0. The van der Waals surface area contributed by atoms with E-state index in [0.717, 1.165) is 63.5 Å². The van der Waals surface area contributed by atoms with Gasteiger partial charge in [-0.1, -0.05) is 61.0 Å². The lowest BCUT2D eigenvalue weighted by Gasteiger charge is -2.69. The first-order valence-corrected chi connectivity index (χ1v) is 18.8. The molecule has 0 heterocycles. The molecule has 5 aliphatic carbocycles. The Labute approximate surface area is 284 Å². The zero-order chi connectivity index (χ0) is 34.9. The van der Waals surface area contributed by atoms with E-state index in [-0.39, 0.29) is 40.5 Å². The molecule has 4 saturated carbocycles. The molecular weight excluding hydrogens is 590 g/mol. The van der Waals surface area contributed by atoms with Crippen molar-refractivity contribution >= 4 is 17.7 Å². The summed E-state index contributed by atoms with van der Waals surface area (Å²) in [4.78, 5) is 38.5. The van der Waals surface area contributed by atoms with Gasteiger partial charge in [-0.25, -0.2) is 0 Å². The fourth-order valence-electron chi connectivity index (χ4n) is 12.3. The van der Waals surface area contributed by atoms with Gasteiger partial charge in [0.15, 0.2) is 5.78 Å². The largest absolute Gasteiger partial charge is 0.481 e. The number of rotatable bonds is 10. The second kappa shape index (κ2) is 12.5. The van der Waals surface area contributed by atoms with Gasteiger partial charge in [-0.05, 0) is 124 Å². The Kier molecular flexibility index (Phi) is 9.76. The molecule has 0 aliphatic heterocycles. The highest BCUT2D eigenvalue weighted by molar-refractivity contribution is 6.00. The van der Waals surface area contributed by atoms with Gasteiger partial charge in [0.2, 0.25) is 0 Å². The van der Waals surface area contributed by atoms with Crippen LogP contribution in [0.3, 0.4) is 0 Å². The van der Waals surface area contributed by atoms with E-state index in [1.54, 1.807) is 13.8 Å². The van der Waals surface area contributed by atoms with Crippen LogP contribution in [0.25, 0.3) is 0 Å². The molecule has 0 aromatic heterocycles. The quantitative estimate of drug-likeness (QED) is 0.208. The molecule has 5 rings (SSSR count). The molecule has 3 N–H and O–H groups in total. The summed E-state index contributed by atoms with van der Waals surface area (Å²) in [5.74, 6) is 1.32. The maximum absolute atomic E-state index is 13.8. The number of fused-ring (bicyclic) bond motifs is 7. The molecule has 47 heavy (non-hydrogen) atoms. The molecule has 0 spiro atoms. The highest BCUT2D eigenvalue weighted by Gasteiger charge is 2.67. The van der Waals surface area contributed by atoms with Crippen LogP contribution < -0.4 is 5.32 Å². The molecule has 4 fully saturated rings. The van der Waals surface area contributed by atoms with Crippen molar-refractivity contribution in [2.45, 2.75) is 146 Å². The van der Waals surface area contributed by atoms with Gasteiger partial charge < -0.3 is 20.3 Å². The molecule has 7 nitrogen and oxygen atoms in total. The van der Waals surface area contributed by atoms with Crippen LogP contribution in [0, 0.1) is 62.6 Å². The van der Waals surface area contributed by atoms with Crippen molar-refractivity contribution in [1.29, 1.82) is 0 Å². The number of aliphatic hydroxyl groups excluding tert-OH is 1. The van der Waals surface area contributed by atoms with Crippen LogP contribution in [0.4, 0.5) is 0 Å². The fraction of sp³-hybridized carbons (Fsp3) is 0.875. The summed E-state index contributed by atoms with van der Waals surface area (Å²) in [6.07, 6.45) is 7.70. The van der Waals surface area contributed by atoms with Crippen LogP contribution in [0.2, 0.25) is 0 Å². The number of carbonyl (C=O) groups excluding carboxylic acids is 2. The molecule has 7 heteroatoms. The average molecular weight is 656 g/mol. The van der Waals surface area contributed by atoms with Crippen molar-refractivity contribution in [2.24, 2.45) is 62.6 Å². The Morgan fingerprint density at radius 1 is 0.915 bits per heavy atom. The maximum atomic E-state index is 13.8. The number of carboxylic acids is 1. The van der Waals surface area contributed by atoms with Crippen molar-refractivity contribution in [3.05, 3.63) is 11.1 Å². The number of ketones is 1. The van der Waals surface area contributed by atoms with Gasteiger partial charge in [-0.3, -0.25) is 14.4 Å². The van der Waals surface area contributed by atoms with Crippen LogP contribution >= 0.6 is 0 Å². The molecule has 0 amide bonds. The van der Waals surface area contributed by atoms with Crippen molar-refractivity contribution in [3.8, 4) is 0 Å². The fourth-order valence-corrected chi connectivity index (χ4v) is 12.3. The topological polar surface area (TPSA) is 113 Å². The van der Waals surface area contributed by atoms with Gasteiger partial charge in [0.25, 0.3) is 0 Å². The minimum Gasteiger partial charge on any atom is -0.481 e. The monoisotopic (exact) mass is 655 g/mol. The lowest BCUT2D eigenvalue weighted by atomic mass is 9.36. The van der Waals surface area contributed by atoms with Crippen LogP contribution in [0.15, 0.2) is 11.1 Å². The van der Waals surface area contributed by atoms with Crippen LogP contribution in [-0.4, -0.2) is 53.2 Å². The zero-order valence-electron chi connectivity index (χ0n) is 31.1. The molecule has 266 valence electrons. The Morgan fingerprint density at radius 2 is 1.57 bits per heavy atom. The minimum atomic E-state index is -1.15. The predicted octanol–water partition coefficient (Wildman–Crippen LogP) is 7.60. The second-order valence-corrected chi connectivity index (χ2v) is 19.0. The van der Waals surface area contributed by atoms with Crippen molar-refractivity contribution in [3.63, 3.8) is 0 Å². The van der Waals surface area contributed by atoms with Crippen LogP contribution in [0.1, 0.15) is 133 Å². The van der Waals surface area contributed by atoms with Gasteiger partial charge >= 0.3 is 11.9 Å². The maximum Gasteiger partial charge on any atom is 0.309 e. The molecule has 9 unspecified atom stereocenters. The summed E-state index contributed by atoms with van der Waals surface area (Å²) in [5, 5.41) is 24.9. The van der Waals surface area contributed by atoms with Crippen molar-refractivity contribution in [2.75, 3.05) is 13.1 Å². The molecule has 5 aliphatic rings. The number of hydrogen-bond donors (Lipinski definition) is 3. The summed E-state index contributed by atoms with van der Waals surface area (Å²) in [5.41, 5.74) is 0.814.